The van der Waals surface area contributed by atoms with Gasteiger partial charge in [0.25, 0.3) is 0 Å². The summed E-state index contributed by atoms with van der Waals surface area (Å²) in [5.41, 5.74) is -0.136. The van der Waals surface area contributed by atoms with Gasteiger partial charge in [-0.2, -0.15) is 0 Å². The zero-order chi connectivity index (χ0) is 23.6. The Balaban J connectivity index is 1.39. The Kier molecular flexibility index (Phi) is 4.54. The lowest BCUT2D eigenvalue weighted by Gasteiger charge is -2.22. The van der Waals surface area contributed by atoms with Gasteiger partial charge in [0.1, 0.15) is 22.8 Å². The first-order valence-electron chi connectivity index (χ1n) is 11.0. The van der Waals surface area contributed by atoms with Crippen molar-refractivity contribution in [3.8, 4) is 11.4 Å². The molecule has 1 unspecified atom stereocenters. The summed E-state index contributed by atoms with van der Waals surface area (Å²) >= 11 is 0. The molecule has 6 rings (SSSR count). The predicted octanol–water partition coefficient (Wildman–Crippen LogP) is 3.35. The number of hydrogen-bond donors (Lipinski definition) is 2. The molecular formula is C23H20F2N6O3. The van der Waals surface area contributed by atoms with E-state index in [2.05, 4.69) is 15.3 Å². The van der Waals surface area contributed by atoms with E-state index < -0.39 is 28.6 Å². The van der Waals surface area contributed by atoms with Gasteiger partial charge in [-0.25, -0.2) is 18.3 Å². The summed E-state index contributed by atoms with van der Waals surface area (Å²) in [6.07, 6.45) is 6.86. The molecule has 0 amide bonds. The molecule has 174 valence electrons. The van der Waals surface area contributed by atoms with Crippen molar-refractivity contribution in [3.05, 3.63) is 64.2 Å². The second-order valence-electron chi connectivity index (χ2n) is 8.79. The maximum Gasteiger partial charge on any atom is 0.341 e. The third-order valence-electron chi connectivity index (χ3n) is 6.59. The van der Waals surface area contributed by atoms with E-state index in [1.165, 1.54) is 10.8 Å². The summed E-state index contributed by atoms with van der Waals surface area (Å²) in [5, 5.41) is 17.5. The Morgan fingerprint density at radius 2 is 2.00 bits per heavy atom. The number of fused-ring (bicyclic) bond motifs is 1. The molecule has 0 spiro atoms. The molecule has 3 aromatic heterocycles. The number of aromatic nitrogens is 5. The van der Waals surface area contributed by atoms with Crippen LogP contribution in [-0.2, 0) is 0 Å². The highest BCUT2D eigenvalue weighted by atomic mass is 19.1. The van der Waals surface area contributed by atoms with Crippen LogP contribution in [-0.4, -0.2) is 48.7 Å². The monoisotopic (exact) mass is 466 g/mol. The zero-order valence-electron chi connectivity index (χ0n) is 17.9. The standard InChI is InChI=1S/C23H20F2N6O3/c24-16-8-14-20(30(12-3-4-12)10-15(22(14)32)23(33)34)19(25)21(16)29-7-5-13(9-29)31-11-18(27-28-31)17-2-1-6-26-17/h1-2,6,8,10-13,26H,3-5,7,9H2,(H,33,34). The first kappa shape index (κ1) is 20.6. The van der Waals surface area contributed by atoms with Crippen LogP contribution in [0.1, 0.15) is 41.7 Å². The summed E-state index contributed by atoms with van der Waals surface area (Å²) < 4.78 is 34.2. The molecule has 0 radical (unpaired) electrons. The molecular weight excluding hydrogens is 446 g/mol. The molecule has 9 nitrogen and oxygen atoms in total. The molecule has 1 aliphatic heterocycles. The number of H-pyrrole nitrogens is 1. The number of benzene rings is 1. The smallest absolute Gasteiger partial charge is 0.341 e. The van der Waals surface area contributed by atoms with Crippen molar-refractivity contribution < 1.29 is 18.7 Å². The number of carboxylic acids is 1. The molecule has 11 heteroatoms. The fraction of sp³-hybridized carbons (Fsp3) is 0.304. The molecule has 2 aliphatic rings. The highest BCUT2D eigenvalue weighted by molar-refractivity contribution is 5.94. The lowest BCUT2D eigenvalue weighted by Crippen LogP contribution is -2.25. The molecule has 4 heterocycles. The first-order valence-corrected chi connectivity index (χ1v) is 11.0. The Morgan fingerprint density at radius 1 is 1.18 bits per heavy atom. The number of anilines is 1. The van der Waals surface area contributed by atoms with Crippen molar-refractivity contribution in [1.29, 1.82) is 0 Å². The van der Waals surface area contributed by atoms with Crippen LogP contribution in [0.15, 0.2) is 41.6 Å². The van der Waals surface area contributed by atoms with Crippen LogP contribution in [0.25, 0.3) is 22.3 Å². The summed E-state index contributed by atoms with van der Waals surface area (Å²) in [5.74, 6) is -3.15. The number of hydrogen-bond acceptors (Lipinski definition) is 5. The minimum Gasteiger partial charge on any atom is -0.477 e. The number of carbonyl (C=O) groups is 1. The van der Waals surface area contributed by atoms with E-state index in [0.717, 1.165) is 24.6 Å². The summed E-state index contributed by atoms with van der Waals surface area (Å²) in [4.78, 5) is 28.9. The number of nitrogens with one attached hydrogen (secondary N) is 1. The minimum absolute atomic E-state index is 0.0489. The van der Waals surface area contributed by atoms with E-state index in [1.807, 2.05) is 12.1 Å². The van der Waals surface area contributed by atoms with Crippen LogP contribution in [0.2, 0.25) is 0 Å². The Morgan fingerprint density at radius 3 is 2.71 bits per heavy atom. The molecule has 1 aliphatic carbocycles. The van der Waals surface area contributed by atoms with Gasteiger partial charge in [0.05, 0.1) is 28.8 Å². The number of pyridine rings is 1. The molecule has 0 bridgehead atoms. The normalized spacial score (nSPS) is 18.2. The summed E-state index contributed by atoms with van der Waals surface area (Å²) in [7, 11) is 0. The van der Waals surface area contributed by atoms with Crippen LogP contribution in [0, 0.1) is 11.6 Å². The highest BCUT2D eigenvalue weighted by Crippen LogP contribution is 2.40. The van der Waals surface area contributed by atoms with E-state index in [0.29, 0.717) is 25.2 Å². The van der Waals surface area contributed by atoms with Gasteiger partial charge in [-0.1, -0.05) is 5.21 Å². The molecule has 1 atom stereocenters. The van der Waals surface area contributed by atoms with Crippen LogP contribution in [0.3, 0.4) is 0 Å². The van der Waals surface area contributed by atoms with E-state index in [-0.39, 0.29) is 28.7 Å². The van der Waals surface area contributed by atoms with E-state index in [1.54, 1.807) is 22.0 Å². The average Bonchev–Trinajstić information content (AvgIpc) is 3.21. The third-order valence-corrected chi connectivity index (χ3v) is 6.59. The predicted molar refractivity (Wildman–Crippen MR) is 119 cm³/mol. The lowest BCUT2D eigenvalue weighted by molar-refractivity contribution is 0.0694. The van der Waals surface area contributed by atoms with Gasteiger partial charge < -0.3 is 19.6 Å². The van der Waals surface area contributed by atoms with Crippen LogP contribution < -0.4 is 10.3 Å². The second kappa shape index (κ2) is 7.51. The first-order chi connectivity index (χ1) is 16.4. The van der Waals surface area contributed by atoms with Gasteiger partial charge in [0, 0.05) is 31.5 Å². The Labute approximate surface area is 191 Å². The molecule has 2 N–H and O–H groups in total. The molecule has 1 aromatic carbocycles. The maximum atomic E-state index is 15.8. The third kappa shape index (κ3) is 3.18. The van der Waals surface area contributed by atoms with Crippen molar-refractivity contribution in [1.82, 2.24) is 24.5 Å². The van der Waals surface area contributed by atoms with E-state index in [4.69, 9.17) is 0 Å². The highest BCUT2D eigenvalue weighted by Gasteiger charge is 2.33. The van der Waals surface area contributed by atoms with Crippen LogP contribution >= 0.6 is 0 Å². The number of carboxylic acid groups (broad SMARTS) is 1. The van der Waals surface area contributed by atoms with Gasteiger partial charge >= 0.3 is 5.97 Å². The number of halogens is 2. The fourth-order valence-electron chi connectivity index (χ4n) is 4.74. The van der Waals surface area contributed by atoms with Crippen molar-refractivity contribution in [2.75, 3.05) is 18.0 Å². The number of rotatable bonds is 5. The SMILES string of the molecule is O=C(O)c1cn(C2CC2)c2c(F)c(N3CCC(n4cc(-c5ccc[nH]5)nn4)C3)c(F)cc2c1=O. The number of aromatic carboxylic acids is 1. The molecule has 34 heavy (non-hydrogen) atoms. The van der Waals surface area contributed by atoms with Gasteiger partial charge in [-0.3, -0.25) is 4.79 Å². The van der Waals surface area contributed by atoms with Crippen molar-refractivity contribution in [2.45, 2.75) is 31.3 Å². The Bertz CT molecular complexity index is 1490. The average molecular weight is 466 g/mol. The van der Waals surface area contributed by atoms with Crippen molar-refractivity contribution in [3.63, 3.8) is 0 Å². The number of aromatic amines is 1. The van der Waals surface area contributed by atoms with Crippen molar-refractivity contribution in [2.24, 2.45) is 0 Å². The lowest BCUT2D eigenvalue weighted by atomic mass is 10.1. The molecule has 4 aromatic rings. The van der Waals surface area contributed by atoms with Gasteiger partial charge in [-0.15, -0.1) is 5.10 Å². The quantitative estimate of drug-likeness (QED) is 0.467. The number of nitrogens with zero attached hydrogens (tertiary/aromatic N) is 5. The van der Waals surface area contributed by atoms with E-state index >= 15 is 8.78 Å². The van der Waals surface area contributed by atoms with Crippen molar-refractivity contribution >= 4 is 22.6 Å². The van der Waals surface area contributed by atoms with Crippen LogP contribution in [0.5, 0.6) is 0 Å². The zero-order valence-corrected chi connectivity index (χ0v) is 17.9. The van der Waals surface area contributed by atoms with E-state index in [9.17, 15) is 14.7 Å². The topological polar surface area (TPSA) is 109 Å². The summed E-state index contributed by atoms with van der Waals surface area (Å²) in [6.45, 7) is 0.705. The van der Waals surface area contributed by atoms with Crippen LogP contribution in [0.4, 0.5) is 14.5 Å². The molecule has 1 saturated carbocycles. The summed E-state index contributed by atoms with van der Waals surface area (Å²) in [6, 6.07) is 4.46. The fourth-order valence-corrected chi connectivity index (χ4v) is 4.74. The maximum absolute atomic E-state index is 15.8. The Hall–Kier alpha value is -4.02. The van der Waals surface area contributed by atoms with Gasteiger partial charge in [-0.05, 0) is 37.5 Å². The van der Waals surface area contributed by atoms with Gasteiger partial charge in [0.15, 0.2) is 5.82 Å². The van der Waals surface area contributed by atoms with Gasteiger partial charge in [0.2, 0.25) is 5.43 Å². The largest absolute Gasteiger partial charge is 0.477 e. The molecule has 1 saturated heterocycles. The second-order valence-corrected chi connectivity index (χ2v) is 8.79. The molecule has 2 fully saturated rings. The minimum atomic E-state index is -1.42.